The minimum absolute atomic E-state index is 0.100. The summed E-state index contributed by atoms with van der Waals surface area (Å²) in [5.41, 5.74) is 2.16. The summed E-state index contributed by atoms with van der Waals surface area (Å²) in [6.07, 6.45) is 9.81. The summed E-state index contributed by atoms with van der Waals surface area (Å²) >= 11 is 1.24. The summed E-state index contributed by atoms with van der Waals surface area (Å²) in [5.74, 6) is 2.30. The molecule has 11 heteroatoms. The minimum atomic E-state index is -3.75. The molecule has 172 valence electrons. The predicted octanol–water partition coefficient (Wildman–Crippen LogP) is 2.05. The van der Waals surface area contributed by atoms with Crippen molar-refractivity contribution in [1.82, 2.24) is 19.2 Å². The quantitative estimate of drug-likeness (QED) is 0.266. The number of carbonyl (C=O) groups is 1. The van der Waals surface area contributed by atoms with Crippen molar-refractivity contribution in [2.24, 2.45) is 0 Å². The predicted molar refractivity (Wildman–Crippen MR) is 127 cm³/mol. The molecule has 5 rings (SSSR count). The van der Waals surface area contributed by atoms with Crippen LogP contribution in [-0.4, -0.2) is 59.7 Å². The summed E-state index contributed by atoms with van der Waals surface area (Å²) < 4.78 is 28.4. The fourth-order valence-corrected chi connectivity index (χ4v) is 6.15. The van der Waals surface area contributed by atoms with Gasteiger partial charge in [-0.15, -0.1) is 17.8 Å². The van der Waals surface area contributed by atoms with Crippen molar-refractivity contribution < 1.29 is 17.9 Å². The Morgan fingerprint density at radius 1 is 1.15 bits per heavy atom. The summed E-state index contributed by atoms with van der Waals surface area (Å²) in [7, 11) is -3.75. The SMILES string of the molecule is C#Cc1ccc2[nH]c(S(=O)(=O)N3CCN(C(=O)c4ncc(-c5cc[n+]([O-])cc5)s4)CC3)cc2c1. The van der Waals surface area contributed by atoms with Crippen molar-refractivity contribution >= 4 is 38.2 Å². The Kier molecular flexibility index (Phi) is 5.57. The number of fused-ring (bicyclic) bond motifs is 1. The molecule has 0 unspecified atom stereocenters. The Bertz CT molecular complexity index is 1530. The van der Waals surface area contributed by atoms with Gasteiger partial charge in [0, 0.05) is 66.5 Å². The molecule has 1 saturated heterocycles. The maximum Gasteiger partial charge on any atom is 0.282 e. The van der Waals surface area contributed by atoms with Crippen molar-refractivity contribution in [2.75, 3.05) is 26.2 Å². The van der Waals surface area contributed by atoms with E-state index in [9.17, 15) is 18.4 Å². The van der Waals surface area contributed by atoms with Crippen LogP contribution in [0.4, 0.5) is 0 Å². The minimum Gasteiger partial charge on any atom is -0.619 e. The van der Waals surface area contributed by atoms with Crippen LogP contribution < -0.4 is 4.73 Å². The van der Waals surface area contributed by atoms with Crippen molar-refractivity contribution in [3.8, 4) is 22.8 Å². The Morgan fingerprint density at radius 2 is 1.88 bits per heavy atom. The molecule has 0 radical (unpaired) electrons. The van der Waals surface area contributed by atoms with Gasteiger partial charge in [0.25, 0.3) is 15.9 Å². The lowest BCUT2D eigenvalue weighted by molar-refractivity contribution is -0.605. The number of benzene rings is 1. The largest absolute Gasteiger partial charge is 0.619 e. The lowest BCUT2D eigenvalue weighted by Gasteiger charge is -2.33. The number of rotatable bonds is 4. The molecule has 1 aromatic carbocycles. The van der Waals surface area contributed by atoms with Crippen LogP contribution in [0.1, 0.15) is 15.4 Å². The van der Waals surface area contributed by atoms with Gasteiger partial charge in [0.05, 0.1) is 4.88 Å². The zero-order valence-electron chi connectivity index (χ0n) is 17.8. The van der Waals surface area contributed by atoms with Gasteiger partial charge in [-0.1, -0.05) is 5.92 Å². The molecule has 1 fully saturated rings. The third-order valence-corrected chi connectivity index (χ3v) is 8.54. The highest BCUT2D eigenvalue weighted by molar-refractivity contribution is 7.89. The maximum absolute atomic E-state index is 13.2. The van der Waals surface area contributed by atoms with Gasteiger partial charge < -0.3 is 15.1 Å². The van der Waals surface area contributed by atoms with Crippen molar-refractivity contribution in [1.29, 1.82) is 0 Å². The molecule has 0 atom stereocenters. The van der Waals surface area contributed by atoms with Crippen LogP contribution in [0.25, 0.3) is 21.3 Å². The number of nitrogens with one attached hydrogen (secondary N) is 1. The summed E-state index contributed by atoms with van der Waals surface area (Å²) in [5, 5.41) is 12.4. The first kappa shape index (κ1) is 22.1. The van der Waals surface area contributed by atoms with E-state index in [0.717, 1.165) is 15.8 Å². The standard InChI is InChI=1S/C23H19N5O4S2/c1-2-16-3-4-19-18(13-16)14-21(25-19)34(31,32)28-11-9-26(10-12-28)23(29)22-24-15-20(33-22)17-5-7-27(30)8-6-17/h1,3-8,13-15,25H,9-12H2. The molecule has 4 heterocycles. The third kappa shape index (κ3) is 4.03. The summed E-state index contributed by atoms with van der Waals surface area (Å²) in [6.45, 7) is 0.880. The molecule has 0 saturated carbocycles. The van der Waals surface area contributed by atoms with Gasteiger partial charge in [-0.05, 0) is 24.3 Å². The van der Waals surface area contributed by atoms with Gasteiger partial charge in [0.2, 0.25) is 0 Å². The Balaban J connectivity index is 1.27. The van der Waals surface area contributed by atoms with E-state index in [4.69, 9.17) is 6.42 Å². The average Bonchev–Trinajstić information content (AvgIpc) is 3.51. The number of pyridine rings is 1. The van der Waals surface area contributed by atoms with Crippen LogP contribution >= 0.6 is 11.3 Å². The number of carbonyl (C=O) groups excluding carboxylic acids is 1. The number of aromatic nitrogens is 3. The topological polar surface area (TPSA) is 113 Å². The van der Waals surface area contributed by atoms with E-state index >= 15 is 0 Å². The van der Waals surface area contributed by atoms with E-state index in [-0.39, 0.29) is 37.1 Å². The highest BCUT2D eigenvalue weighted by atomic mass is 32.2. The van der Waals surface area contributed by atoms with Gasteiger partial charge in [-0.2, -0.15) is 9.04 Å². The monoisotopic (exact) mass is 493 g/mol. The zero-order chi connectivity index (χ0) is 23.9. The second-order valence-electron chi connectivity index (χ2n) is 7.75. The van der Waals surface area contributed by atoms with Gasteiger partial charge in [-0.25, -0.2) is 13.4 Å². The number of H-pyrrole nitrogens is 1. The second kappa shape index (κ2) is 8.57. The molecule has 0 spiro atoms. The molecular weight excluding hydrogens is 474 g/mol. The van der Waals surface area contributed by atoms with E-state index in [1.54, 1.807) is 47.5 Å². The lowest BCUT2D eigenvalue weighted by atomic mass is 10.2. The average molecular weight is 494 g/mol. The summed E-state index contributed by atoms with van der Waals surface area (Å²) in [6, 6.07) is 10.2. The molecule has 1 aliphatic heterocycles. The van der Waals surface area contributed by atoms with Gasteiger partial charge in [0.1, 0.15) is 5.03 Å². The number of sulfonamides is 1. The van der Waals surface area contributed by atoms with Crippen molar-refractivity contribution in [3.05, 3.63) is 70.8 Å². The number of nitrogens with zero attached hydrogens (tertiary/aromatic N) is 4. The highest BCUT2D eigenvalue weighted by Gasteiger charge is 2.32. The highest BCUT2D eigenvalue weighted by Crippen LogP contribution is 2.27. The number of terminal acetylenes is 1. The zero-order valence-corrected chi connectivity index (χ0v) is 19.5. The molecule has 0 aliphatic carbocycles. The van der Waals surface area contributed by atoms with E-state index < -0.39 is 10.0 Å². The fourth-order valence-electron chi connectivity index (χ4n) is 3.82. The third-order valence-electron chi connectivity index (χ3n) is 5.68. The number of hydrogen-bond donors (Lipinski definition) is 1. The molecular formula is C23H19N5O4S2. The molecule has 0 bridgehead atoms. The number of hydrogen-bond acceptors (Lipinski definition) is 6. The molecule has 34 heavy (non-hydrogen) atoms. The van der Waals surface area contributed by atoms with Crippen LogP contribution in [-0.2, 0) is 10.0 Å². The number of amides is 1. The molecule has 9 nitrogen and oxygen atoms in total. The smallest absolute Gasteiger partial charge is 0.282 e. The van der Waals surface area contributed by atoms with Gasteiger partial charge in [-0.3, -0.25) is 4.79 Å². The van der Waals surface area contributed by atoms with Gasteiger partial charge >= 0.3 is 0 Å². The van der Waals surface area contributed by atoms with Crippen LogP contribution in [0, 0.1) is 17.6 Å². The van der Waals surface area contributed by atoms with Gasteiger partial charge in [0.15, 0.2) is 17.4 Å². The molecule has 4 aromatic rings. The normalized spacial score (nSPS) is 14.9. The summed E-state index contributed by atoms with van der Waals surface area (Å²) in [4.78, 5) is 22.5. The second-order valence-corrected chi connectivity index (χ2v) is 10.7. The maximum atomic E-state index is 13.2. The Labute approximate surface area is 199 Å². The number of piperazine rings is 1. The van der Waals surface area contributed by atoms with Crippen LogP contribution in [0.3, 0.4) is 0 Å². The molecule has 1 N–H and O–H groups in total. The Morgan fingerprint density at radius 3 is 2.59 bits per heavy atom. The first-order chi connectivity index (χ1) is 16.3. The van der Waals surface area contributed by atoms with E-state index in [1.807, 2.05) is 0 Å². The van der Waals surface area contributed by atoms with Crippen LogP contribution in [0.2, 0.25) is 0 Å². The number of thiazole rings is 1. The molecule has 3 aromatic heterocycles. The molecule has 1 amide bonds. The van der Waals surface area contributed by atoms with E-state index in [0.29, 0.717) is 20.8 Å². The van der Waals surface area contributed by atoms with Crippen LogP contribution in [0.15, 0.2) is 60.0 Å². The van der Waals surface area contributed by atoms with Crippen molar-refractivity contribution in [2.45, 2.75) is 5.03 Å². The Hall–Kier alpha value is -3.72. The van der Waals surface area contributed by atoms with E-state index in [1.165, 1.54) is 28.0 Å². The van der Waals surface area contributed by atoms with E-state index in [2.05, 4.69) is 15.9 Å². The first-order valence-corrected chi connectivity index (χ1v) is 12.6. The molecule has 1 aliphatic rings. The van der Waals surface area contributed by atoms with Crippen molar-refractivity contribution in [3.63, 3.8) is 0 Å². The van der Waals surface area contributed by atoms with Crippen LogP contribution in [0.5, 0.6) is 0 Å². The number of aromatic amines is 1. The lowest BCUT2D eigenvalue weighted by Crippen LogP contribution is -2.50. The first-order valence-electron chi connectivity index (χ1n) is 10.4. The fraction of sp³-hybridized carbons (Fsp3) is 0.174.